The lowest BCUT2D eigenvalue weighted by atomic mass is 10.1. The fourth-order valence-electron chi connectivity index (χ4n) is 2.53. The Hall–Kier alpha value is -3.99. The summed E-state index contributed by atoms with van der Waals surface area (Å²) in [6.45, 7) is 0. The molecule has 0 spiro atoms. The quantitative estimate of drug-likeness (QED) is 0.399. The van der Waals surface area contributed by atoms with Crippen molar-refractivity contribution in [2.24, 2.45) is 5.73 Å². The molecule has 1 aromatic carbocycles. The molecule has 0 aliphatic rings. The first-order valence-corrected chi connectivity index (χ1v) is 9.16. The molecule has 6 N–H and O–H groups in total. The average molecular weight is 413 g/mol. The molecule has 0 unspecified atom stereocenters. The summed E-state index contributed by atoms with van der Waals surface area (Å²) in [6, 6.07) is 7.47. The van der Waals surface area contributed by atoms with Crippen LogP contribution >= 0.6 is 11.3 Å². The number of H-pyrrole nitrogens is 2. The molecule has 2 aromatic heterocycles. The summed E-state index contributed by atoms with van der Waals surface area (Å²) in [5, 5.41) is 8.25. The van der Waals surface area contributed by atoms with Crippen LogP contribution in [0.25, 0.3) is 0 Å². The molecule has 10 nitrogen and oxygen atoms in total. The lowest BCUT2D eigenvalue weighted by molar-refractivity contribution is -0.115. The van der Waals surface area contributed by atoms with Crippen LogP contribution in [0.3, 0.4) is 0 Å². The monoisotopic (exact) mass is 413 g/mol. The molecule has 0 radical (unpaired) electrons. The number of nitrogens with two attached hydrogens (primary N) is 1. The number of thiophene rings is 1. The lowest BCUT2D eigenvalue weighted by Gasteiger charge is -2.09. The highest BCUT2D eigenvalue weighted by atomic mass is 32.1. The molecule has 3 rings (SSSR count). The van der Waals surface area contributed by atoms with Crippen molar-refractivity contribution in [3.63, 3.8) is 0 Å². The number of benzene rings is 1. The van der Waals surface area contributed by atoms with Gasteiger partial charge in [0.05, 0.1) is 17.5 Å². The smallest absolute Gasteiger partial charge is 0.325 e. The van der Waals surface area contributed by atoms with Gasteiger partial charge in [0.25, 0.3) is 11.5 Å². The number of rotatable bonds is 6. The van der Waals surface area contributed by atoms with Crippen molar-refractivity contribution < 1.29 is 14.4 Å². The number of primary amides is 1. The van der Waals surface area contributed by atoms with Crippen molar-refractivity contribution in [1.82, 2.24) is 9.97 Å². The van der Waals surface area contributed by atoms with E-state index in [1.807, 2.05) is 4.98 Å². The van der Waals surface area contributed by atoms with Crippen molar-refractivity contribution in [3.05, 3.63) is 78.8 Å². The SMILES string of the molecule is NC(=O)c1cscc1C(=O)Nc1cccc(NC(=O)Cc2cc(=O)[nH]c(=O)[nH]2)c1. The zero-order valence-electron chi connectivity index (χ0n) is 14.8. The number of aromatic amines is 2. The van der Waals surface area contributed by atoms with Gasteiger partial charge in [0.2, 0.25) is 11.8 Å². The highest BCUT2D eigenvalue weighted by Gasteiger charge is 2.16. The normalized spacial score (nSPS) is 10.3. The number of hydrogen-bond acceptors (Lipinski definition) is 6. The minimum Gasteiger partial charge on any atom is -0.366 e. The van der Waals surface area contributed by atoms with Gasteiger partial charge in [-0.3, -0.25) is 24.2 Å². The van der Waals surface area contributed by atoms with Crippen LogP contribution in [0, 0.1) is 0 Å². The first-order valence-electron chi connectivity index (χ1n) is 8.21. The molecular weight excluding hydrogens is 398 g/mol. The second-order valence-electron chi connectivity index (χ2n) is 5.94. The highest BCUT2D eigenvalue weighted by Crippen LogP contribution is 2.19. The van der Waals surface area contributed by atoms with Gasteiger partial charge in [-0.05, 0) is 18.2 Å². The Balaban J connectivity index is 1.69. The van der Waals surface area contributed by atoms with E-state index in [-0.39, 0.29) is 23.2 Å². The molecule has 0 aliphatic carbocycles. The molecule has 0 atom stereocenters. The largest absolute Gasteiger partial charge is 0.366 e. The third-order valence-corrected chi connectivity index (χ3v) is 4.49. The van der Waals surface area contributed by atoms with Gasteiger partial charge >= 0.3 is 5.69 Å². The zero-order valence-corrected chi connectivity index (χ0v) is 15.6. The molecular formula is C18H15N5O5S. The van der Waals surface area contributed by atoms with E-state index >= 15 is 0 Å². The zero-order chi connectivity index (χ0) is 21.0. The van der Waals surface area contributed by atoms with Gasteiger partial charge in [-0.25, -0.2) is 4.79 Å². The van der Waals surface area contributed by atoms with Gasteiger partial charge in [0.15, 0.2) is 0 Å². The van der Waals surface area contributed by atoms with E-state index in [4.69, 9.17) is 5.73 Å². The number of aromatic nitrogens is 2. The Morgan fingerprint density at radius 1 is 0.966 bits per heavy atom. The number of nitrogens with one attached hydrogen (secondary N) is 4. The summed E-state index contributed by atoms with van der Waals surface area (Å²) in [4.78, 5) is 62.8. The average Bonchev–Trinajstić information content (AvgIpc) is 3.11. The van der Waals surface area contributed by atoms with E-state index in [1.54, 1.807) is 18.2 Å². The maximum absolute atomic E-state index is 12.4. The second kappa shape index (κ2) is 8.35. The maximum atomic E-state index is 12.4. The first-order chi connectivity index (χ1) is 13.8. The number of carbonyl (C=O) groups is 3. The second-order valence-corrected chi connectivity index (χ2v) is 6.68. The minimum atomic E-state index is -0.700. The number of anilines is 2. The third kappa shape index (κ3) is 5.05. The van der Waals surface area contributed by atoms with E-state index < -0.39 is 29.0 Å². The standard InChI is InChI=1S/C18H15N5O5S/c19-16(26)12-7-29-8-13(12)17(27)21-10-3-1-2-9(4-10)20-14(24)5-11-6-15(25)23-18(28)22-11/h1-4,6-8H,5H2,(H2,19,26)(H,20,24)(H,21,27)(H2,22,23,25,28). The number of amides is 3. The third-order valence-electron chi connectivity index (χ3n) is 3.74. The van der Waals surface area contributed by atoms with Crippen LogP contribution in [0.15, 0.2) is 50.7 Å². The molecule has 29 heavy (non-hydrogen) atoms. The summed E-state index contributed by atoms with van der Waals surface area (Å²) in [6.07, 6.45) is -0.216. The van der Waals surface area contributed by atoms with E-state index in [2.05, 4.69) is 15.6 Å². The Morgan fingerprint density at radius 3 is 2.34 bits per heavy atom. The van der Waals surface area contributed by atoms with Gasteiger partial charge in [-0.2, -0.15) is 11.3 Å². The van der Waals surface area contributed by atoms with Gasteiger partial charge in [-0.15, -0.1) is 0 Å². The topological polar surface area (TPSA) is 167 Å². The van der Waals surface area contributed by atoms with Gasteiger partial charge in [-0.1, -0.05) is 6.07 Å². The van der Waals surface area contributed by atoms with Crippen LogP contribution in [0.4, 0.5) is 11.4 Å². The van der Waals surface area contributed by atoms with Crippen LogP contribution < -0.4 is 27.6 Å². The Labute approximate surface area is 166 Å². The molecule has 0 fully saturated rings. The molecule has 2 heterocycles. The predicted molar refractivity (Wildman–Crippen MR) is 107 cm³/mol. The number of hydrogen-bond donors (Lipinski definition) is 5. The molecule has 148 valence electrons. The fraction of sp³-hybridized carbons (Fsp3) is 0.0556. The summed E-state index contributed by atoms with van der Waals surface area (Å²) < 4.78 is 0. The Kier molecular flexibility index (Phi) is 5.69. The van der Waals surface area contributed by atoms with Crippen molar-refractivity contribution in [3.8, 4) is 0 Å². The van der Waals surface area contributed by atoms with Crippen LogP contribution in [0.1, 0.15) is 26.4 Å². The minimum absolute atomic E-state index is 0.129. The van der Waals surface area contributed by atoms with Gasteiger partial charge in [0, 0.05) is 33.9 Å². The molecule has 0 saturated heterocycles. The van der Waals surface area contributed by atoms with Crippen LogP contribution in [0.5, 0.6) is 0 Å². The Morgan fingerprint density at radius 2 is 1.66 bits per heavy atom. The summed E-state index contributed by atoms with van der Waals surface area (Å²) in [5.41, 5.74) is 5.17. The van der Waals surface area contributed by atoms with Crippen LogP contribution in [-0.2, 0) is 11.2 Å². The molecule has 0 aliphatic heterocycles. The van der Waals surface area contributed by atoms with Crippen molar-refractivity contribution in [2.45, 2.75) is 6.42 Å². The number of carbonyl (C=O) groups excluding carboxylic acids is 3. The first kappa shape index (κ1) is 19.8. The van der Waals surface area contributed by atoms with Crippen molar-refractivity contribution >= 4 is 40.4 Å². The molecule has 0 bridgehead atoms. The molecule has 11 heteroatoms. The van der Waals surface area contributed by atoms with E-state index in [9.17, 15) is 24.0 Å². The summed E-state index contributed by atoms with van der Waals surface area (Å²) in [7, 11) is 0. The highest BCUT2D eigenvalue weighted by molar-refractivity contribution is 7.08. The lowest BCUT2D eigenvalue weighted by Crippen LogP contribution is -2.25. The van der Waals surface area contributed by atoms with E-state index in [0.29, 0.717) is 11.4 Å². The van der Waals surface area contributed by atoms with Crippen LogP contribution in [-0.4, -0.2) is 27.7 Å². The molecule has 3 amide bonds. The van der Waals surface area contributed by atoms with E-state index in [0.717, 1.165) is 6.07 Å². The summed E-state index contributed by atoms with van der Waals surface area (Å²) >= 11 is 1.18. The van der Waals surface area contributed by atoms with Gasteiger partial charge in [0.1, 0.15) is 0 Å². The summed E-state index contributed by atoms with van der Waals surface area (Å²) in [5.74, 6) is -1.68. The molecule has 0 saturated carbocycles. The van der Waals surface area contributed by atoms with Crippen molar-refractivity contribution in [1.29, 1.82) is 0 Å². The predicted octanol–water partition coefficient (Wildman–Crippen LogP) is 0.657. The van der Waals surface area contributed by atoms with Gasteiger partial charge < -0.3 is 21.4 Å². The van der Waals surface area contributed by atoms with Crippen molar-refractivity contribution in [2.75, 3.05) is 10.6 Å². The maximum Gasteiger partial charge on any atom is 0.325 e. The fourth-order valence-corrected chi connectivity index (χ4v) is 3.35. The van der Waals surface area contributed by atoms with Crippen LogP contribution in [0.2, 0.25) is 0 Å². The molecule has 3 aromatic rings. The Bertz CT molecular complexity index is 1180. The van der Waals surface area contributed by atoms with E-state index in [1.165, 1.54) is 28.2 Å².